The third-order valence-corrected chi connectivity index (χ3v) is 1.13. The fourth-order valence-electron chi connectivity index (χ4n) is 0.728. The fraction of sp³-hybridized carbons (Fsp3) is 0. The molecule has 2 aliphatic rings. The van der Waals surface area contributed by atoms with Crippen molar-refractivity contribution < 1.29 is 69.4 Å². The summed E-state index contributed by atoms with van der Waals surface area (Å²) in [5.41, 5.74) is 0. The molecule has 2 heterocycles. The molecule has 4 N–H and O–H groups in total. The van der Waals surface area contributed by atoms with Gasteiger partial charge in [0.15, 0.2) is 0 Å². The van der Waals surface area contributed by atoms with Gasteiger partial charge in [-0.05, 0) is 0 Å². The summed E-state index contributed by atoms with van der Waals surface area (Å²) in [5.74, 6) is 0. The molecule has 0 aromatic heterocycles. The van der Waals surface area contributed by atoms with Crippen molar-refractivity contribution in [2.75, 3.05) is 0 Å². The molecule has 66 valence electrons. The molecule has 13 heavy (non-hydrogen) atoms. The van der Waals surface area contributed by atoms with E-state index in [1.165, 1.54) is 0 Å². The molecule has 2 bridgehead atoms. The quantitative estimate of drug-likeness (QED) is 0.372. The first-order chi connectivity index (χ1) is 5.24. The molecule has 0 unspecified atom stereocenters. The Balaban J connectivity index is 0. The molecular formula is H5B4NaO8. The van der Waals surface area contributed by atoms with Crippen LogP contribution >= 0.6 is 0 Å². The van der Waals surface area contributed by atoms with Gasteiger partial charge in [-0.2, -0.15) is 0 Å². The first-order valence-electron chi connectivity index (χ1n) is 2.87. The van der Waals surface area contributed by atoms with Crippen LogP contribution in [-0.2, 0) is 22.9 Å². The summed E-state index contributed by atoms with van der Waals surface area (Å²) in [7, 11) is -5.20. The molecule has 2 aliphatic heterocycles. The first kappa shape index (κ1) is 13.9. The maximum atomic E-state index is 8.74. The van der Waals surface area contributed by atoms with Crippen LogP contribution in [0.4, 0.5) is 0 Å². The molecule has 0 aromatic rings. The molecule has 0 saturated carbocycles. The van der Waals surface area contributed by atoms with Crippen LogP contribution in [0.15, 0.2) is 0 Å². The van der Waals surface area contributed by atoms with E-state index >= 15 is 0 Å². The van der Waals surface area contributed by atoms with Crippen molar-refractivity contribution in [3.63, 3.8) is 0 Å². The topological polar surface area (TPSA) is 118 Å². The van der Waals surface area contributed by atoms with Gasteiger partial charge in [0.2, 0.25) is 0 Å². The summed E-state index contributed by atoms with van der Waals surface area (Å²) in [6.45, 7) is 0. The Morgan fingerprint density at radius 3 is 1.38 bits per heavy atom. The Labute approximate surface area is 98.6 Å². The minimum Gasteiger partial charge on any atom is -1.00 e. The van der Waals surface area contributed by atoms with Crippen molar-refractivity contribution in [1.29, 1.82) is 0 Å². The van der Waals surface area contributed by atoms with Gasteiger partial charge >= 0.3 is 58.8 Å². The van der Waals surface area contributed by atoms with E-state index in [9.17, 15) is 0 Å². The summed E-state index contributed by atoms with van der Waals surface area (Å²) in [4.78, 5) is 0. The molecule has 0 aromatic carbocycles. The second-order valence-corrected chi connectivity index (χ2v) is 1.87. The Hall–Kier alpha value is 0.940. The normalized spacial score (nSPS) is 20.8. The Kier molecular flexibility index (Phi) is 6.15. The molecule has 0 aliphatic carbocycles. The summed E-state index contributed by atoms with van der Waals surface area (Å²) in [6, 6.07) is 0. The molecule has 2 saturated heterocycles. The van der Waals surface area contributed by atoms with Gasteiger partial charge in [0.05, 0.1) is 0 Å². The van der Waals surface area contributed by atoms with E-state index < -0.39 is 29.3 Å². The van der Waals surface area contributed by atoms with E-state index in [-0.39, 0.29) is 36.5 Å². The summed E-state index contributed by atoms with van der Waals surface area (Å²) in [6.07, 6.45) is 0. The van der Waals surface area contributed by atoms with E-state index in [2.05, 4.69) is 22.9 Å². The minimum absolute atomic E-state index is 0. The van der Waals surface area contributed by atoms with Gasteiger partial charge in [-0.25, -0.2) is 0 Å². The van der Waals surface area contributed by atoms with Crippen molar-refractivity contribution in [3.05, 3.63) is 0 Å². The average Bonchev–Trinajstić information content (AvgIpc) is 1.82. The Morgan fingerprint density at radius 2 is 1.08 bits per heavy atom. The smallest absolute Gasteiger partial charge is 1.00 e. The van der Waals surface area contributed by atoms with Gasteiger partial charge < -0.3 is 39.8 Å². The van der Waals surface area contributed by atoms with E-state index in [0.717, 1.165) is 0 Å². The van der Waals surface area contributed by atoms with E-state index in [0.29, 0.717) is 0 Å². The van der Waals surface area contributed by atoms with Crippen molar-refractivity contribution in [3.8, 4) is 0 Å². The van der Waals surface area contributed by atoms with Crippen molar-refractivity contribution in [2.24, 2.45) is 0 Å². The monoisotopic (exact) mass is 200 g/mol. The van der Waals surface area contributed by atoms with Gasteiger partial charge in [0.1, 0.15) is 0 Å². The largest absolute Gasteiger partial charge is 1.00 e. The van der Waals surface area contributed by atoms with Crippen LogP contribution in [-0.4, -0.2) is 44.8 Å². The summed E-state index contributed by atoms with van der Waals surface area (Å²) >= 11 is 0. The molecule has 8 nitrogen and oxygen atoms in total. The molecule has 0 spiro atoms. The van der Waals surface area contributed by atoms with Crippen molar-refractivity contribution in [1.82, 2.24) is 0 Å². The minimum atomic E-state index is -1.45. The Bertz CT molecular complexity index is 127. The molecule has 0 amide bonds. The molecule has 13 heteroatoms. The third kappa shape index (κ3) is 3.53. The number of hydrogen-bond donors (Lipinski definition) is 2. The van der Waals surface area contributed by atoms with Gasteiger partial charge in [-0.3, -0.25) is 0 Å². The standard InChI is InChI=1S/B4H2O7.Na.H2O.H/c5-1-7-3-9-2(6)10-4(8-1)11-3;;;/h5-6H;;1H2;/q;+1;;-1. The van der Waals surface area contributed by atoms with E-state index in [1.807, 2.05) is 0 Å². The number of hydrogen-bond acceptors (Lipinski definition) is 7. The zero-order valence-corrected chi connectivity index (χ0v) is 8.75. The fourth-order valence-corrected chi connectivity index (χ4v) is 0.728. The summed E-state index contributed by atoms with van der Waals surface area (Å²) in [5, 5.41) is 17.5. The van der Waals surface area contributed by atoms with Gasteiger partial charge in [-0.15, -0.1) is 0 Å². The van der Waals surface area contributed by atoms with Crippen molar-refractivity contribution in [2.45, 2.75) is 0 Å². The third-order valence-electron chi connectivity index (χ3n) is 1.13. The zero-order valence-electron chi connectivity index (χ0n) is 7.75. The SMILES string of the molecule is O.OB1OB2OB(O)OB(O1)O2.[H-].[Na+]. The number of fused-ring (bicyclic) bond motifs is 2. The van der Waals surface area contributed by atoms with Gasteiger partial charge in [0, 0.05) is 0 Å². The maximum Gasteiger partial charge on any atom is 1.00 e. The molecule has 0 atom stereocenters. The van der Waals surface area contributed by atoms with Crippen LogP contribution in [0, 0.1) is 0 Å². The maximum absolute atomic E-state index is 8.74. The zero-order chi connectivity index (χ0) is 7.84. The molecular weight excluding hydrogens is 194 g/mol. The van der Waals surface area contributed by atoms with Crippen LogP contribution in [0.2, 0.25) is 0 Å². The van der Waals surface area contributed by atoms with Crippen molar-refractivity contribution >= 4 is 29.3 Å². The molecule has 2 fully saturated rings. The van der Waals surface area contributed by atoms with Crippen LogP contribution in [0.1, 0.15) is 1.43 Å². The first-order valence-corrected chi connectivity index (χ1v) is 2.87. The van der Waals surface area contributed by atoms with E-state index in [1.54, 1.807) is 0 Å². The van der Waals surface area contributed by atoms with Crippen LogP contribution in [0.5, 0.6) is 0 Å². The van der Waals surface area contributed by atoms with Gasteiger partial charge in [0.25, 0.3) is 0 Å². The second kappa shape index (κ2) is 5.73. The van der Waals surface area contributed by atoms with Crippen LogP contribution in [0.25, 0.3) is 0 Å². The van der Waals surface area contributed by atoms with Gasteiger partial charge in [-0.1, -0.05) is 0 Å². The number of rotatable bonds is 0. The van der Waals surface area contributed by atoms with Crippen LogP contribution in [0.3, 0.4) is 0 Å². The predicted octanol–water partition coefficient (Wildman–Crippen LogP) is -6.69. The van der Waals surface area contributed by atoms with E-state index in [4.69, 9.17) is 10.0 Å². The molecule has 2 rings (SSSR count). The molecule has 0 radical (unpaired) electrons. The predicted molar refractivity (Wildman–Crippen MR) is 37.6 cm³/mol. The average molecular weight is 199 g/mol. The second-order valence-electron chi connectivity index (χ2n) is 1.87. The Morgan fingerprint density at radius 1 is 0.769 bits per heavy atom. The summed E-state index contributed by atoms with van der Waals surface area (Å²) < 4.78 is 22.6. The van der Waals surface area contributed by atoms with Crippen LogP contribution < -0.4 is 29.6 Å².